The number of Topliss-reactive ketones (excluding diaryl/α,β-unsaturated/α-hetero) is 1. The second kappa shape index (κ2) is 5.28. The molecular formula is C18H22O3. The van der Waals surface area contributed by atoms with Crippen molar-refractivity contribution in [3.63, 3.8) is 0 Å². The molecule has 0 spiro atoms. The molecule has 3 aliphatic rings. The summed E-state index contributed by atoms with van der Waals surface area (Å²) in [6, 6.07) is 0. The minimum Gasteiger partial charge on any atom is -0.468 e. The van der Waals surface area contributed by atoms with Crippen molar-refractivity contribution in [2.24, 2.45) is 29.1 Å². The van der Waals surface area contributed by atoms with E-state index in [4.69, 9.17) is 4.74 Å². The highest BCUT2D eigenvalue weighted by molar-refractivity contribution is 6.06. The molecule has 0 heterocycles. The molecule has 3 heteroatoms. The summed E-state index contributed by atoms with van der Waals surface area (Å²) in [5.41, 5.74) is -1.02. The van der Waals surface area contributed by atoms with Crippen LogP contribution in [0.1, 0.15) is 25.7 Å². The molecule has 0 aromatic heterocycles. The smallest absolute Gasteiger partial charge is 0.320 e. The molecule has 1 saturated carbocycles. The third-order valence-electron chi connectivity index (χ3n) is 5.56. The predicted molar refractivity (Wildman–Crippen MR) is 80.4 cm³/mol. The lowest BCUT2D eigenvalue weighted by Crippen LogP contribution is -2.45. The van der Waals surface area contributed by atoms with Gasteiger partial charge in [-0.3, -0.25) is 9.59 Å². The van der Waals surface area contributed by atoms with Crippen LogP contribution in [-0.2, 0) is 14.3 Å². The fourth-order valence-corrected chi connectivity index (χ4v) is 4.45. The van der Waals surface area contributed by atoms with Crippen LogP contribution >= 0.6 is 0 Å². The Morgan fingerprint density at radius 1 is 1.38 bits per heavy atom. The summed E-state index contributed by atoms with van der Waals surface area (Å²) in [5, 5.41) is 0. The minimum absolute atomic E-state index is 0.0733. The van der Waals surface area contributed by atoms with E-state index >= 15 is 0 Å². The summed E-state index contributed by atoms with van der Waals surface area (Å²) in [6.07, 6.45) is 13.0. The lowest BCUT2D eigenvalue weighted by molar-refractivity contribution is -0.160. The SMILES string of the molecule is C=C[C@H]1C[C@H]2C=CC[C@]3(C(=O)OC)C/C=C\C[C@H]1C2C3=O. The van der Waals surface area contributed by atoms with Gasteiger partial charge in [0.15, 0.2) is 5.78 Å². The summed E-state index contributed by atoms with van der Waals surface area (Å²) in [5.74, 6) is 0.487. The Bertz CT molecular complexity index is 531. The van der Waals surface area contributed by atoms with Gasteiger partial charge in [0, 0.05) is 5.92 Å². The third kappa shape index (κ3) is 2.02. The molecular weight excluding hydrogens is 264 g/mol. The van der Waals surface area contributed by atoms with Crippen LogP contribution in [0.2, 0.25) is 0 Å². The van der Waals surface area contributed by atoms with E-state index in [1.54, 1.807) is 0 Å². The highest BCUT2D eigenvalue weighted by atomic mass is 16.5. The monoisotopic (exact) mass is 286 g/mol. The zero-order chi connectivity index (χ0) is 15.0. The highest BCUT2D eigenvalue weighted by Gasteiger charge is 2.55. The molecule has 5 atom stereocenters. The number of allylic oxidation sites excluding steroid dienone is 5. The van der Waals surface area contributed by atoms with Gasteiger partial charge in [-0.25, -0.2) is 0 Å². The van der Waals surface area contributed by atoms with Gasteiger partial charge in [0.25, 0.3) is 0 Å². The average molecular weight is 286 g/mol. The summed E-state index contributed by atoms with van der Waals surface area (Å²) in [6.45, 7) is 3.94. The van der Waals surface area contributed by atoms with E-state index in [1.165, 1.54) is 7.11 Å². The molecule has 0 aromatic carbocycles. The molecule has 0 N–H and O–H groups in total. The number of fused-ring (bicyclic) bond motifs is 1. The second-order valence-electron chi connectivity index (χ2n) is 6.47. The molecule has 0 aromatic rings. The molecule has 3 nitrogen and oxygen atoms in total. The largest absolute Gasteiger partial charge is 0.468 e. The van der Waals surface area contributed by atoms with E-state index < -0.39 is 5.41 Å². The van der Waals surface area contributed by atoms with Crippen molar-refractivity contribution >= 4 is 11.8 Å². The van der Waals surface area contributed by atoms with Gasteiger partial charge >= 0.3 is 5.97 Å². The van der Waals surface area contributed by atoms with Crippen LogP contribution in [0, 0.1) is 29.1 Å². The lowest BCUT2D eigenvalue weighted by Gasteiger charge is -2.34. The molecule has 21 heavy (non-hydrogen) atoms. The number of carbonyl (C=O) groups is 2. The van der Waals surface area contributed by atoms with E-state index in [1.807, 2.05) is 18.2 Å². The van der Waals surface area contributed by atoms with E-state index in [2.05, 4.69) is 18.7 Å². The quantitative estimate of drug-likeness (QED) is 0.445. The van der Waals surface area contributed by atoms with Gasteiger partial charge in [-0.15, -0.1) is 6.58 Å². The first-order valence-corrected chi connectivity index (χ1v) is 7.71. The van der Waals surface area contributed by atoms with Gasteiger partial charge in [0.2, 0.25) is 0 Å². The van der Waals surface area contributed by atoms with Crippen LogP contribution in [0.5, 0.6) is 0 Å². The molecule has 112 valence electrons. The van der Waals surface area contributed by atoms with Gasteiger partial charge in [-0.1, -0.05) is 30.4 Å². The lowest BCUT2D eigenvalue weighted by atomic mass is 9.68. The fraction of sp³-hybridized carbons (Fsp3) is 0.556. The topological polar surface area (TPSA) is 43.4 Å². The number of ether oxygens (including phenoxy) is 1. The first kappa shape index (κ1) is 14.3. The number of ketones is 1. The van der Waals surface area contributed by atoms with E-state index in [9.17, 15) is 9.59 Å². The third-order valence-corrected chi connectivity index (χ3v) is 5.56. The number of hydrogen-bond donors (Lipinski definition) is 0. The normalized spacial score (nSPS) is 42.6. The van der Waals surface area contributed by atoms with Crippen molar-refractivity contribution in [1.29, 1.82) is 0 Å². The van der Waals surface area contributed by atoms with Crippen molar-refractivity contribution in [1.82, 2.24) is 0 Å². The van der Waals surface area contributed by atoms with Crippen LogP contribution in [-0.4, -0.2) is 18.9 Å². The maximum Gasteiger partial charge on any atom is 0.320 e. The second-order valence-corrected chi connectivity index (χ2v) is 6.47. The number of hydrogen-bond acceptors (Lipinski definition) is 3. The standard InChI is InChI=1S/C18H22O3/c1-3-12-11-13-7-6-10-18(17(20)21-2)9-5-4-8-14(12)15(13)16(18)19/h3-7,12-15H,1,8-11H2,2H3/b5-4-/t12-,13+,14+,15?,18+/m0/s1. The molecule has 0 saturated heterocycles. The number of esters is 1. The number of rotatable bonds is 2. The van der Waals surface area contributed by atoms with E-state index in [0.717, 1.165) is 12.8 Å². The van der Waals surface area contributed by atoms with E-state index in [0.29, 0.717) is 18.8 Å². The molecule has 3 aliphatic carbocycles. The van der Waals surface area contributed by atoms with Crippen LogP contribution in [0.15, 0.2) is 37.0 Å². The molecule has 0 aliphatic heterocycles. The van der Waals surface area contributed by atoms with Crippen LogP contribution in [0.4, 0.5) is 0 Å². The first-order chi connectivity index (χ1) is 10.1. The first-order valence-electron chi connectivity index (χ1n) is 7.71. The maximum absolute atomic E-state index is 13.2. The van der Waals surface area contributed by atoms with Gasteiger partial charge in [-0.2, -0.15) is 0 Å². The maximum atomic E-state index is 13.2. The van der Waals surface area contributed by atoms with Gasteiger partial charge in [0.1, 0.15) is 5.41 Å². The van der Waals surface area contributed by atoms with Crippen molar-refractivity contribution in [3.05, 3.63) is 37.0 Å². The van der Waals surface area contributed by atoms with Crippen molar-refractivity contribution in [3.8, 4) is 0 Å². The summed E-state index contributed by atoms with van der Waals surface area (Å²) < 4.78 is 4.98. The summed E-state index contributed by atoms with van der Waals surface area (Å²) >= 11 is 0. The molecule has 1 unspecified atom stereocenters. The number of carbonyl (C=O) groups excluding carboxylic acids is 2. The molecule has 2 bridgehead atoms. The highest BCUT2D eigenvalue weighted by Crippen LogP contribution is 2.52. The Morgan fingerprint density at radius 3 is 2.86 bits per heavy atom. The van der Waals surface area contributed by atoms with Crippen molar-refractivity contribution in [2.75, 3.05) is 7.11 Å². The molecule has 1 fully saturated rings. The molecule has 0 radical (unpaired) electrons. The van der Waals surface area contributed by atoms with Crippen molar-refractivity contribution < 1.29 is 14.3 Å². The molecule has 0 amide bonds. The Kier molecular flexibility index (Phi) is 3.60. The summed E-state index contributed by atoms with van der Waals surface area (Å²) in [4.78, 5) is 25.6. The van der Waals surface area contributed by atoms with Gasteiger partial charge in [0.05, 0.1) is 7.11 Å². The summed E-state index contributed by atoms with van der Waals surface area (Å²) in [7, 11) is 1.37. The molecule has 3 rings (SSSR count). The van der Waals surface area contributed by atoms with Gasteiger partial charge in [-0.05, 0) is 43.4 Å². The minimum atomic E-state index is -1.02. The Morgan fingerprint density at radius 2 is 2.14 bits per heavy atom. The Labute approximate surface area is 125 Å². The average Bonchev–Trinajstić information content (AvgIpc) is 2.74. The Balaban J connectivity index is 2.10. The number of methoxy groups -OCH3 is 1. The van der Waals surface area contributed by atoms with Crippen molar-refractivity contribution in [2.45, 2.75) is 25.7 Å². The predicted octanol–water partition coefficient (Wildman–Crippen LogP) is 3.08. The van der Waals surface area contributed by atoms with E-state index in [-0.39, 0.29) is 29.5 Å². The van der Waals surface area contributed by atoms with Crippen LogP contribution in [0.3, 0.4) is 0 Å². The zero-order valence-corrected chi connectivity index (χ0v) is 12.5. The fourth-order valence-electron chi connectivity index (χ4n) is 4.45. The zero-order valence-electron chi connectivity index (χ0n) is 12.5. The Hall–Kier alpha value is -1.64. The van der Waals surface area contributed by atoms with Crippen LogP contribution in [0.25, 0.3) is 0 Å². The van der Waals surface area contributed by atoms with Gasteiger partial charge < -0.3 is 4.74 Å². The van der Waals surface area contributed by atoms with Crippen LogP contribution < -0.4 is 0 Å².